The third-order valence-electron chi connectivity index (χ3n) is 7.64. The summed E-state index contributed by atoms with van der Waals surface area (Å²) in [4.78, 5) is 46.6. The summed E-state index contributed by atoms with van der Waals surface area (Å²) in [6.07, 6.45) is 5.80. The van der Waals surface area contributed by atoms with E-state index in [4.69, 9.17) is 16.2 Å². The molecule has 0 unspecified atom stereocenters. The third-order valence-corrected chi connectivity index (χ3v) is 8.63. The van der Waals surface area contributed by atoms with Gasteiger partial charge in [0.15, 0.2) is 5.69 Å². The molecule has 1 fully saturated rings. The molecule has 0 saturated carbocycles. The second-order valence-corrected chi connectivity index (χ2v) is 11.5. The molecule has 0 aliphatic carbocycles. The molecular weight excluding hydrogens is 592 g/mol. The first kappa shape index (κ1) is 29.7. The van der Waals surface area contributed by atoms with Crippen molar-refractivity contribution in [1.82, 2.24) is 15.3 Å². The van der Waals surface area contributed by atoms with E-state index >= 15 is 0 Å². The molecule has 1 saturated heterocycles. The van der Waals surface area contributed by atoms with Crippen molar-refractivity contribution in [1.29, 1.82) is 0 Å². The molecule has 12 heteroatoms. The molecule has 7 rings (SSSR count). The minimum Gasteiger partial charge on any atom is -0.488 e. The average Bonchev–Trinajstić information content (AvgIpc) is 3.55. The van der Waals surface area contributed by atoms with Gasteiger partial charge in [0.2, 0.25) is 0 Å². The number of carboxylic acid groups (broad SMARTS) is 1. The molecule has 5 heterocycles. The van der Waals surface area contributed by atoms with E-state index in [1.165, 1.54) is 55.8 Å². The summed E-state index contributed by atoms with van der Waals surface area (Å²) in [6, 6.07) is 15.1. The Morgan fingerprint density at radius 1 is 0.956 bits per heavy atom. The zero-order valence-electron chi connectivity index (χ0n) is 24.1. The minimum atomic E-state index is -1.38. The molecule has 2 aliphatic rings. The topological polar surface area (TPSA) is 183 Å². The number of rotatable bonds is 5. The largest absolute Gasteiger partial charge is 0.488 e. The van der Waals surface area contributed by atoms with Crippen molar-refractivity contribution in [2.75, 3.05) is 24.1 Å². The van der Waals surface area contributed by atoms with Crippen molar-refractivity contribution in [3.8, 4) is 27.3 Å². The number of hydrogen-bond donors (Lipinski definition) is 5. The van der Waals surface area contributed by atoms with Crippen LogP contribution in [-0.2, 0) is 6.61 Å². The molecule has 11 nitrogen and oxygen atoms in total. The number of fused-ring (bicyclic) bond motifs is 4. The summed E-state index contributed by atoms with van der Waals surface area (Å²) < 4.78 is 5.96. The second-order valence-electron chi connectivity index (χ2n) is 10.6. The van der Waals surface area contributed by atoms with Gasteiger partial charge < -0.3 is 31.9 Å². The smallest absolute Gasteiger partial charge is 0.355 e. The molecule has 0 spiro atoms. The quantitative estimate of drug-likeness (QED) is 0.173. The number of thiophene rings is 1. The lowest BCUT2D eigenvalue weighted by atomic mass is 9.92. The fraction of sp³-hybridized carbons (Fsp3) is 0.182. The number of aromatic nitrogens is 2. The number of anilines is 2. The van der Waals surface area contributed by atoms with Crippen LogP contribution in [0.3, 0.4) is 0 Å². The Morgan fingerprint density at radius 2 is 1.78 bits per heavy atom. The molecule has 2 aliphatic heterocycles. The van der Waals surface area contributed by atoms with Crippen LogP contribution in [0.25, 0.3) is 32.3 Å². The molecule has 45 heavy (non-hydrogen) atoms. The first-order chi connectivity index (χ1) is 21.8. The number of nitrogen functional groups attached to an aromatic ring is 1. The van der Waals surface area contributed by atoms with Crippen LogP contribution in [0.5, 0.6) is 5.75 Å². The van der Waals surface area contributed by atoms with E-state index in [0.29, 0.717) is 23.9 Å². The van der Waals surface area contributed by atoms with Gasteiger partial charge in [0, 0.05) is 50.0 Å². The number of hydrogen-bond acceptors (Lipinski definition) is 9. The van der Waals surface area contributed by atoms with E-state index in [0.717, 1.165) is 26.8 Å². The Labute approximate surface area is 262 Å². The van der Waals surface area contributed by atoms with Gasteiger partial charge in [0.1, 0.15) is 23.9 Å². The lowest BCUT2D eigenvalue weighted by Crippen LogP contribution is -2.21. The normalized spacial score (nSPS) is 13.4. The number of benzene rings is 2. The number of nitrogens with zero attached hydrogens (tertiary/aromatic N) is 2. The van der Waals surface area contributed by atoms with Crippen LogP contribution >= 0.6 is 11.3 Å². The van der Waals surface area contributed by atoms with Gasteiger partial charge in [-0.3, -0.25) is 9.59 Å². The van der Waals surface area contributed by atoms with Crippen LogP contribution in [0, 0.1) is 0 Å². The van der Waals surface area contributed by atoms with Crippen LogP contribution in [-0.4, -0.2) is 45.9 Å². The third kappa shape index (κ3) is 6.19. The SMILES string of the molecule is C1CCNCC1.NC(=O)c1ccc(-c2cc3c(cc2C(=O)Nc2ccc4c(N)nccc4c2)-c2sccc2CO3)c(C(=O)O)n1. The standard InChI is InChI=1S/C28H19N5O5S.C5H11N/c29-25-16-2-1-15(9-13(16)5-7-31-25)32-27(35)19-10-20-22(38-12-14-6-8-39-24(14)20)11-18(19)17-3-4-21(26(30)34)33-23(17)28(36)37;1-2-4-6-5-3-1/h1-11H,12H2,(H2,29,31)(H2,30,34)(H,32,35)(H,36,37);6H,1-5H2. The highest BCUT2D eigenvalue weighted by molar-refractivity contribution is 7.13. The van der Waals surface area contributed by atoms with E-state index in [1.54, 1.807) is 42.6 Å². The molecule has 2 amide bonds. The summed E-state index contributed by atoms with van der Waals surface area (Å²) in [5, 5.41) is 19.6. The maximum atomic E-state index is 13.8. The van der Waals surface area contributed by atoms with Gasteiger partial charge in [-0.1, -0.05) is 6.42 Å². The van der Waals surface area contributed by atoms with Crippen molar-refractivity contribution in [2.45, 2.75) is 25.9 Å². The molecule has 0 bridgehead atoms. The summed E-state index contributed by atoms with van der Waals surface area (Å²) in [7, 11) is 0. The molecule has 228 valence electrons. The van der Waals surface area contributed by atoms with E-state index in [2.05, 4.69) is 20.6 Å². The maximum Gasteiger partial charge on any atom is 0.355 e. The molecular formula is C33H30N6O5S. The highest BCUT2D eigenvalue weighted by Gasteiger charge is 2.27. The van der Waals surface area contributed by atoms with Gasteiger partial charge in [-0.15, -0.1) is 11.3 Å². The zero-order chi connectivity index (χ0) is 31.5. The Kier molecular flexibility index (Phi) is 8.41. The minimum absolute atomic E-state index is 0.137. The highest BCUT2D eigenvalue weighted by atomic mass is 32.1. The summed E-state index contributed by atoms with van der Waals surface area (Å²) in [6.45, 7) is 2.84. The number of carbonyl (C=O) groups is 3. The number of aromatic carboxylic acids is 1. The predicted octanol–water partition coefficient (Wildman–Crippen LogP) is 5.31. The Hall–Kier alpha value is -5.33. The summed E-state index contributed by atoms with van der Waals surface area (Å²) in [5.74, 6) is -1.84. The van der Waals surface area contributed by atoms with Gasteiger partial charge in [0.05, 0.1) is 0 Å². The fourth-order valence-electron chi connectivity index (χ4n) is 5.38. The second kappa shape index (κ2) is 12.7. The van der Waals surface area contributed by atoms with E-state index in [9.17, 15) is 19.5 Å². The van der Waals surface area contributed by atoms with Crippen molar-refractivity contribution in [2.24, 2.45) is 5.73 Å². The van der Waals surface area contributed by atoms with Crippen LogP contribution in [0.4, 0.5) is 11.5 Å². The Bertz CT molecular complexity index is 1940. The summed E-state index contributed by atoms with van der Waals surface area (Å²) >= 11 is 1.52. The fourth-order valence-corrected chi connectivity index (χ4v) is 6.32. The number of carbonyl (C=O) groups excluding carboxylic acids is 2. The first-order valence-corrected chi connectivity index (χ1v) is 15.3. The van der Waals surface area contributed by atoms with Gasteiger partial charge in [-0.2, -0.15) is 0 Å². The van der Waals surface area contributed by atoms with Crippen LogP contribution in [0.1, 0.15) is 56.2 Å². The number of carboxylic acids is 1. The van der Waals surface area contributed by atoms with Crippen molar-refractivity contribution >= 4 is 51.4 Å². The number of amides is 2. The summed E-state index contributed by atoms with van der Waals surface area (Å²) in [5.41, 5.74) is 13.5. The van der Waals surface area contributed by atoms with Gasteiger partial charge in [-0.25, -0.2) is 14.8 Å². The molecule has 5 aromatic rings. The van der Waals surface area contributed by atoms with Crippen LogP contribution in [0.15, 0.2) is 66.2 Å². The van der Waals surface area contributed by atoms with Crippen molar-refractivity contribution in [3.05, 3.63) is 88.7 Å². The highest BCUT2D eigenvalue weighted by Crippen LogP contribution is 2.44. The van der Waals surface area contributed by atoms with Crippen LogP contribution in [0.2, 0.25) is 0 Å². The average molecular weight is 623 g/mol. The van der Waals surface area contributed by atoms with Crippen molar-refractivity contribution < 1.29 is 24.2 Å². The number of nitrogens with two attached hydrogens (primary N) is 2. The van der Waals surface area contributed by atoms with E-state index in [1.807, 2.05) is 11.4 Å². The van der Waals surface area contributed by atoms with E-state index < -0.39 is 23.5 Å². The number of pyridine rings is 2. The molecule has 2 aromatic carbocycles. The van der Waals surface area contributed by atoms with Gasteiger partial charge >= 0.3 is 5.97 Å². The molecule has 3 aromatic heterocycles. The molecule has 0 atom stereocenters. The molecule has 7 N–H and O–H groups in total. The zero-order valence-corrected chi connectivity index (χ0v) is 24.9. The van der Waals surface area contributed by atoms with Crippen LogP contribution < -0.4 is 26.8 Å². The number of ether oxygens (including phenoxy) is 1. The number of piperidine rings is 1. The first-order valence-electron chi connectivity index (χ1n) is 14.4. The number of nitrogens with one attached hydrogen (secondary N) is 2. The lowest BCUT2D eigenvalue weighted by molar-refractivity contribution is 0.0691. The Morgan fingerprint density at radius 3 is 2.49 bits per heavy atom. The van der Waals surface area contributed by atoms with E-state index in [-0.39, 0.29) is 22.4 Å². The van der Waals surface area contributed by atoms with Crippen molar-refractivity contribution in [3.63, 3.8) is 0 Å². The van der Waals surface area contributed by atoms with Gasteiger partial charge in [-0.05, 0) is 91.3 Å². The molecule has 0 radical (unpaired) electrons. The lowest BCUT2D eigenvalue weighted by Gasteiger charge is -2.21. The maximum absolute atomic E-state index is 13.8. The number of primary amides is 1. The monoisotopic (exact) mass is 622 g/mol. The Balaban J connectivity index is 0.000000535. The predicted molar refractivity (Wildman–Crippen MR) is 174 cm³/mol. The van der Waals surface area contributed by atoms with Gasteiger partial charge in [0.25, 0.3) is 11.8 Å².